The number of hydrogen-bond acceptors (Lipinski definition) is 5. The number of carbonyl (C=O) groups is 2. The number of aromatic nitrogens is 3. The van der Waals surface area contributed by atoms with Gasteiger partial charge in [-0.1, -0.05) is 88.7 Å². The van der Waals surface area contributed by atoms with Crippen molar-refractivity contribution in [1.82, 2.24) is 14.8 Å². The summed E-state index contributed by atoms with van der Waals surface area (Å²) in [5, 5.41) is 15.7. The average molecular weight is 637 g/mol. The highest BCUT2D eigenvalue weighted by Crippen LogP contribution is 2.43. The molecule has 3 heterocycles. The predicted octanol–water partition coefficient (Wildman–Crippen LogP) is 8.01. The molecular formula is C36H22BrN5O2. The molecule has 210 valence electrons. The minimum absolute atomic E-state index is 0.0139. The van der Waals surface area contributed by atoms with Crippen molar-refractivity contribution in [3.05, 3.63) is 142 Å². The van der Waals surface area contributed by atoms with Gasteiger partial charge in [0.25, 0.3) is 11.8 Å². The first-order valence-electron chi connectivity index (χ1n) is 13.9. The maximum atomic E-state index is 13.7. The normalized spacial score (nSPS) is 12.3. The number of fused-ring (bicyclic) bond motifs is 1. The highest BCUT2D eigenvalue weighted by atomic mass is 79.9. The van der Waals surface area contributed by atoms with Crippen LogP contribution in [0.4, 0.5) is 5.82 Å². The average Bonchev–Trinajstić information content (AvgIpc) is 3.54. The minimum atomic E-state index is -0.520. The molecule has 0 saturated heterocycles. The van der Waals surface area contributed by atoms with Crippen LogP contribution in [0.25, 0.3) is 39.3 Å². The van der Waals surface area contributed by atoms with Crippen molar-refractivity contribution in [3.8, 4) is 45.4 Å². The van der Waals surface area contributed by atoms with Gasteiger partial charge < -0.3 is 0 Å². The smallest absolute Gasteiger partial charge is 0.267 e. The molecule has 1 aliphatic heterocycles. The zero-order valence-electron chi connectivity index (χ0n) is 23.4. The van der Waals surface area contributed by atoms with Crippen molar-refractivity contribution in [2.45, 2.75) is 6.92 Å². The van der Waals surface area contributed by atoms with Crippen molar-refractivity contribution in [2.75, 3.05) is 4.90 Å². The van der Waals surface area contributed by atoms with Gasteiger partial charge in [0.15, 0.2) is 5.82 Å². The van der Waals surface area contributed by atoms with Gasteiger partial charge in [-0.3, -0.25) is 9.59 Å². The molecule has 0 radical (unpaired) electrons. The fourth-order valence-corrected chi connectivity index (χ4v) is 5.88. The molecular weight excluding hydrogens is 614 g/mol. The maximum absolute atomic E-state index is 13.7. The molecule has 4 aromatic carbocycles. The molecule has 44 heavy (non-hydrogen) atoms. The number of pyridine rings is 1. The van der Waals surface area contributed by atoms with Crippen LogP contribution in [0.1, 0.15) is 32.0 Å². The molecule has 0 spiro atoms. The molecule has 0 atom stereocenters. The summed E-state index contributed by atoms with van der Waals surface area (Å²) in [4.78, 5) is 33.2. The first kappa shape index (κ1) is 27.2. The highest BCUT2D eigenvalue weighted by molar-refractivity contribution is 9.10. The molecule has 2 aromatic heterocycles. The van der Waals surface area contributed by atoms with Crippen molar-refractivity contribution in [2.24, 2.45) is 0 Å². The number of aryl methyl sites for hydroxylation is 1. The molecule has 0 N–H and O–H groups in total. The number of nitrogens with zero attached hydrogens (tertiary/aromatic N) is 5. The molecule has 8 heteroatoms. The molecule has 2 amide bonds. The van der Waals surface area contributed by atoms with Crippen LogP contribution in [0.3, 0.4) is 0 Å². The van der Waals surface area contributed by atoms with Crippen LogP contribution in [-0.2, 0) is 0 Å². The van der Waals surface area contributed by atoms with Crippen LogP contribution in [0, 0.1) is 18.3 Å². The highest BCUT2D eigenvalue weighted by Gasteiger charge is 2.40. The lowest BCUT2D eigenvalue weighted by molar-refractivity contribution is 0.0925. The summed E-state index contributed by atoms with van der Waals surface area (Å²) in [5.74, 6) is -1.05. The SMILES string of the molecule is Cc1nn(-c2ccccc2)c(-c2ccccc2)c1-c1cc(-c2ccc(Br)cc2)nc(N2C(=O)c3ccccc3C2=O)c1C#N. The standard InChI is InChI=1S/C36H22BrN5O2/c1-22-32(33(24-10-4-2-5-11-24)42(40-22)26-12-6-3-7-13-26)29-20-31(23-16-18-25(37)19-17-23)39-34(30(29)21-38)41-35(43)27-14-8-9-15-28(27)36(41)44/h2-20H,1H3. The number of halogens is 1. The van der Waals surface area contributed by atoms with Gasteiger partial charge >= 0.3 is 0 Å². The molecule has 7 nitrogen and oxygen atoms in total. The Labute approximate surface area is 261 Å². The molecule has 1 aliphatic rings. The van der Waals surface area contributed by atoms with Crippen molar-refractivity contribution in [1.29, 1.82) is 5.26 Å². The maximum Gasteiger partial charge on any atom is 0.267 e. The van der Waals surface area contributed by atoms with E-state index in [0.29, 0.717) is 22.5 Å². The van der Waals surface area contributed by atoms with E-state index in [-0.39, 0.29) is 22.5 Å². The van der Waals surface area contributed by atoms with E-state index in [2.05, 4.69) is 22.0 Å². The number of amides is 2. The van der Waals surface area contributed by atoms with E-state index in [1.807, 2.05) is 103 Å². The molecule has 0 bridgehead atoms. The van der Waals surface area contributed by atoms with Gasteiger partial charge in [0.05, 0.1) is 33.9 Å². The van der Waals surface area contributed by atoms with Crippen LogP contribution in [0.15, 0.2) is 120 Å². The number of rotatable bonds is 5. The Balaban J connectivity index is 1.56. The Bertz CT molecular complexity index is 2100. The van der Waals surface area contributed by atoms with E-state index < -0.39 is 11.8 Å². The van der Waals surface area contributed by atoms with Gasteiger partial charge in [0.2, 0.25) is 0 Å². The van der Waals surface area contributed by atoms with Gasteiger partial charge in [0.1, 0.15) is 11.6 Å². The summed E-state index contributed by atoms with van der Waals surface area (Å²) in [6, 6.07) is 38.0. The molecule has 0 fully saturated rings. The Morgan fingerprint density at radius 3 is 1.93 bits per heavy atom. The predicted molar refractivity (Wildman–Crippen MR) is 172 cm³/mol. The van der Waals surface area contributed by atoms with Crippen molar-refractivity contribution >= 4 is 33.6 Å². The van der Waals surface area contributed by atoms with Crippen LogP contribution in [-0.4, -0.2) is 26.6 Å². The molecule has 6 aromatic rings. The van der Waals surface area contributed by atoms with Crippen molar-refractivity contribution in [3.63, 3.8) is 0 Å². The van der Waals surface area contributed by atoms with E-state index >= 15 is 0 Å². The zero-order valence-corrected chi connectivity index (χ0v) is 25.0. The first-order chi connectivity index (χ1) is 21.5. The van der Waals surface area contributed by atoms with Crippen molar-refractivity contribution < 1.29 is 9.59 Å². The topological polar surface area (TPSA) is 91.9 Å². The fourth-order valence-electron chi connectivity index (χ4n) is 5.62. The third kappa shape index (κ3) is 4.42. The van der Waals surface area contributed by atoms with E-state index in [1.165, 1.54) is 0 Å². The third-order valence-corrected chi connectivity index (χ3v) is 8.16. The monoisotopic (exact) mass is 635 g/mol. The lowest BCUT2D eigenvalue weighted by Gasteiger charge is -2.19. The quantitative estimate of drug-likeness (QED) is 0.179. The first-order valence-corrected chi connectivity index (χ1v) is 14.7. The fraction of sp³-hybridized carbons (Fsp3) is 0.0278. The summed E-state index contributed by atoms with van der Waals surface area (Å²) >= 11 is 3.49. The van der Waals surface area contributed by atoms with Gasteiger partial charge in [-0.2, -0.15) is 10.4 Å². The van der Waals surface area contributed by atoms with Gasteiger partial charge in [0, 0.05) is 26.7 Å². The number of para-hydroxylation sites is 1. The lowest BCUT2D eigenvalue weighted by Crippen LogP contribution is -2.31. The largest absolute Gasteiger partial charge is 0.268 e. The van der Waals surface area contributed by atoms with E-state index in [4.69, 9.17) is 10.1 Å². The van der Waals surface area contributed by atoms with Crippen LogP contribution < -0.4 is 4.90 Å². The second-order valence-corrected chi connectivity index (χ2v) is 11.2. The Morgan fingerprint density at radius 2 is 1.32 bits per heavy atom. The lowest BCUT2D eigenvalue weighted by atomic mass is 9.94. The number of imide groups is 1. The summed E-state index contributed by atoms with van der Waals surface area (Å²) < 4.78 is 2.75. The summed E-state index contributed by atoms with van der Waals surface area (Å²) in [7, 11) is 0. The second kappa shape index (κ2) is 10.9. The molecule has 0 aliphatic carbocycles. The summed E-state index contributed by atoms with van der Waals surface area (Å²) in [6.07, 6.45) is 0. The van der Waals surface area contributed by atoms with E-state index in [0.717, 1.165) is 31.9 Å². The second-order valence-electron chi connectivity index (χ2n) is 10.3. The summed E-state index contributed by atoms with van der Waals surface area (Å²) in [5.41, 5.74) is 6.32. The van der Waals surface area contributed by atoms with E-state index in [9.17, 15) is 14.9 Å². The number of hydrogen-bond donors (Lipinski definition) is 0. The van der Waals surface area contributed by atoms with Crippen LogP contribution >= 0.6 is 15.9 Å². The molecule has 7 rings (SSSR count). The minimum Gasteiger partial charge on any atom is -0.268 e. The zero-order chi connectivity index (χ0) is 30.4. The Morgan fingerprint density at radius 1 is 0.727 bits per heavy atom. The summed E-state index contributed by atoms with van der Waals surface area (Å²) in [6.45, 7) is 1.89. The number of nitriles is 1. The number of carbonyl (C=O) groups excluding carboxylic acids is 2. The molecule has 0 unspecified atom stereocenters. The van der Waals surface area contributed by atoms with Gasteiger partial charge in [-0.15, -0.1) is 0 Å². The third-order valence-electron chi connectivity index (χ3n) is 7.64. The van der Waals surface area contributed by atoms with Gasteiger partial charge in [-0.25, -0.2) is 14.6 Å². The Hall–Kier alpha value is -5.65. The van der Waals surface area contributed by atoms with E-state index in [1.54, 1.807) is 24.3 Å². The van der Waals surface area contributed by atoms with Crippen LogP contribution in [0.2, 0.25) is 0 Å². The molecule has 0 saturated carbocycles. The van der Waals surface area contributed by atoms with Gasteiger partial charge in [-0.05, 0) is 49.4 Å². The van der Waals surface area contributed by atoms with Crippen LogP contribution in [0.5, 0.6) is 0 Å². The number of benzene rings is 4. The number of anilines is 1. The Kier molecular flexibility index (Phi) is 6.73.